The van der Waals surface area contributed by atoms with Gasteiger partial charge in [-0.2, -0.15) is 0 Å². The fraction of sp³-hybridized carbons (Fsp3) is 0.273. The van der Waals surface area contributed by atoms with Crippen LogP contribution < -0.4 is 5.73 Å². The summed E-state index contributed by atoms with van der Waals surface area (Å²) < 4.78 is 4.57. The molecule has 0 amide bonds. The molecule has 0 aliphatic heterocycles. The lowest BCUT2D eigenvalue weighted by atomic mass is 10.2. The van der Waals surface area contributed by atoms with E-state index in [1.807, 2.05) is 0 Å². The molecule has 1 aromatic rings. The lowest BCUT2D eigenvalue weighted by Gasteiger charge is -2.01. The number of halogens is 1. The summed E-state index contributed by atoms with van der Waals surface area (Å²) in [6.45, 7) is 0. The number of carbonyl (C=O) groups is 1. The number of nitrogen functional groups attached to an aromatic ring is 1. The number of nitrogens with two attached hydrogens (primary N) is 1. The molecule has 0 atom stereocenters. The Morgan fingerprint density at radius 3 is 3.06 bits per heavy atom. The van der Waals surface area contributed by atoms with Crippen molar-refractivity contribution in [2.24, 2.45) is 0 Å². The van der Waals surface area contributed by atoms with Gasteiger partial charge in [0, 0.05) is 18.5 Å². The smallest absolute Gasteiger partial charge is 0.339 e. The summed E-state index contributed by atoms with van der Waals surface area (Å²) in [5.74, 6) is 5.90. The second-order valence-electron chi connectivity index (χ2n) is 2.89. The van der Waals surface area contributed by atoms with Crippen molar-refractivity contribution in [2.75, 3.05) is 18.7 Å². The molecule has 1 rings (SSSR count). The number of esters is 1. The van der Waals surface area contributed by atoms with Crippen molar-refractivity contribution >= 4 is 23.4 Å². The molecule has 0 saturated carbocycles. The van der Waals surface area contributed by atoms with Gasteiger partial charge in [0.05, 0.1) is 18.2 Å². The van der Waals surface area contributed by atoms with Crippen LogP contribution in [-0.2, 0) is 4.74 Å². The van der Waals surface area contributed by atoms with Gasteiger partial charge in [-0.3, -0.25) is 0 Å². The minimum Gasteiger partial charge on any atom is -0.465 e. The van der Waals surface area contributed by atoms with Crippen molar-refractivity contribution in [3.05, 3.63) is 23.4 Å². The number of methoxy groups -OCH3 is 1. The predicted octanol–water partition coefficient (Wildman–Crippen LogP) is 1.43. The number of hydrogen-bond acceptors (Lipinski definition) is 4. The summed E-state index contributed by atoms with van der Waals surface area (Å²) in [5.41, 5.74) is 6.45. The molecule has 0 saturated heterocycles. The average molecular weight is 239 g/mol. The summed E-state index contributed by atoms with van der Waals surface area (Å²) in [6.07, 6.45) is 1.91. The van der Waals surface area contributed by atoms with Crippen LogP contribution in [0.1, 0.15) is 22.3 Å². The second kappa shape index (κ2) is 5.99. The van der Waals surface area contributed by atoms with Crippen LogP contribution in [0.2, 0.25) is 0 Å². The third-order valence-corrected chi connectivity index (χ3v) is 1.97. The third-order valence-electron chi connectivity index (χ3n) is 1.78. The highest BCUT2D eigenvalue weighted by molar-refractivity contribution is 6.18. The molecule has 0 spiro atoms. The van der Waals surface area contributed by atoms with E-state index in [-0.39, 0.29) is 5.82 Å². The van der Waals surface area contributed by atoms with Crippen molar-refractivity contribution in [1.82, 2.24) is 4.98 Å². The van der Waals surface area contributed by atoms with E-state index < -0.39 is 5.97 Å². The number of anilines is 1. The highest BCUT2D eigenvalue weighted by Gasteiger charge is 2.07. The van der Waals surface area contributed by atoms with Crippen LogP contribution in [0.4, 0.5) is 5.82 Å². The number of aromatic nitrogens is 1. The van der Waals surface area contributed by atoms with Crippen molar-refractivity contribution in [3.8, 4) is 11.8 Å². The van der Waals surface area contributed by atoms with E-state index in [4.69, 9.17) is 17.3 Å². The third kappa shape index (κ3) is 3.14. The molecule has 5 heteroatoms. The first-order valence-electron chi connectivity index (χ1n) is 4.57. The molecular formula is C11H11ClN2O2. The van der Waals surface area contributed by atoms with Crippen LogP contribution in [0.15, 0.2) is 12.3 Å². The van der Waals surface area contributed by atoms with Crippen molar-refractivity contribution in [1.29, 1.82) is 0 Å². The van der Waals surface area contributed by atoms with Crippen molar-refractivity contribution < 1.29 is 9.53 Å². The summed E-state index contributed by atoms with van der Waals surface area (Å²) in [5, 5.41) is 0. The summed E-state index contributed by atoms with van der Waals surface area (Å²) in [6, 6.07) is 1.55. The Hall–Kier alpha value is -1.73. The zero-order valence-electron chi connectivity index (χ0n) is 8.79. The number of hydrogen-bond donors (Lipinski definition) is 1. The molecular weight excluding hydrogens is 228 g/mol. The van der Waals surface area contributed by atoms with Gasteiger partial charge in [0.15, 0.2) is 0 Å². The first-order chi connectivity index (χ1) is 7.69. The Bertz CT molecular complexity index is 449. The van der Waals surface area contributed by atoms with Crippen LogP contribution in [0.3, 0.4) is 0 Å². The number of carbonyl (C=O) groups excluding carboxylic acids is 1. The molecule has 0 aliphatic carbocycles. The molecule has 0 aromatic carbocycles. The van der Waals surface area contributed by atoms with Crippen molar-refractivity contribution in [3.63, 3.8) is 0 Å². The minimum absolute atomic E-state index is 0.287. The number of ether oxygens (including phenoxy) is 1. The van der Waals surface area contributed by atoms with Gasteiger partial charge in [-0.25, -0.2) is 9.78 Å². The Morgan fingerprint density at radius 1 is 1.69 bits per heavy atom. The largest absolute Gasteiger partial charge is 0.465 e. The molecule has 1 aromatic heterocycles. The standard InChI is InChI=1S/C11H11ClN2O2/c1-16-11(15)9-6-8(4-2-3-5-12)10(13)14-7-9/h6-7H,3,5H2,1H3,(H2,13,14). The van der Waals surface area contributed by atoms with Crippen molar-refractivity contribution in [2.45, 2.75) is 6.42 Å². The Balaban J connectivity index is 3.01. The monoisotopic (exact) mass is 238 g/mol. The van der Waals surface area contributed by atoms with Crippen LogP contribution in [0.25, 0.3) is 0 Å². The molecule has 84 valence electrons. The highest BCUT2D eigenvalue weighted by atomic mass is 35.5. The Kier molecular flexibility index (Phi) is 4.62. The van der Waals surface area contributed by atoms with Gasteiger partial charge in [-0.1, -0.05) is 11.8 Å². The zero-order valence-corrected chi connectivity index (χ0v) is 9.54. The topological polar surface area (TPSA) is 65.2 Å². The van der Waals surface area contributed by atoms with Gasteiger partial charge >= 0.3 is 5.97 Å². The van der Waals surface area contributed by atoms with Gasteiger partial charge in [0.25, 0.3) is 0 Å². The van der Waals surface area contributed by atoms with E-state index in [1.165, 1.54) is 13.3 Å². The van der Waals surface area contributed by atoms with Gasteiger partial charge in [0.1, 0.15) is 5.82 Å². The van der Waals surface area contributed by atoms with Gasteiger partial charge in [0.2, 0.25) is 0 Å². The lowest BCUT2D eigenvalue weighted by molar-refractivity contribution is 0.0600. The Morgan fingerprint density at radius 2 is 2.44 bits per heavy atom. The first-order valence-corrected chi connectivity index (χ1v) is 5.11. The fourth-order valence-electron chi connectivity index (χ4n) is 1.01. The number of alkyl halides is 1. The van der Waals surface area contributed by atoms with E-state index >= 15 is 0 Å². The summed E-state index contributed by atoms with van der Waals surface area (Å²) >= 11 is 5.49. The van der Waals surface area contributed by atoms with Crippen LogP contribution in [-0.4, -0.2) is 23.9 Å². The zero-order chi connectivity index (χ0) is 12.0. The Labute approximate surface area is 98.8 Å². The molecule has 4 nitrogen and oxygen atoms in total. The molecule has 0 unspecified atom stereocenters. The fourth-order valence-corrected chi connectivity index (χ4v) is 1.10. The molecule has 16 heavy (non-hydrogen) atoms. The lowest BCUT2D eigenvalue weighted by Crippen LogP contribution is -2.04. The van der Waals surface area contributed by atoms with Crippen LogP contribution >= 0.6 is 11.6 Å². The van der Waals surface area contributed by atoms with E-state index in [0.717, 1.165) is 0 Å². The molecule has 0 fully saturated rings. The normalized spacial score (nSPS) is 9.12. The molecule has 1 heterocycles. The maximum absolute atomic E-state index is 11.2. The first kappa shape index (κ1) is 12.3. The van der Waals surface area contributed by atoms with E-state index in [1.54, 1.807) is 6.07 Å². The molecule has 0 aliphatic rings. The molecule has 0 bridgehead atoms. The summed E-state index contributed by atoms with van der Waals surface area (Å²) in [7, 11) is 1.30. The van der Waals surface area contributed by atoms with E-state index in [0.29, 0.717) is 23.4 Å². The quantitative estimate of drug-likeness (QED) is 0.481. The SMILES string of the molecule is COC(=O)c1cnc(N)c(C#CCCCl)c1. The number of rotatable bonds is 2. The predicted molar refractivity (Wildman–Crippen MR) is 62.2 cm³/mol. The van der Waals surface area contributed by atoms with Gasteiger partial charge in [-0.15, -0.1) is 11.6 Å². The number of pyridine rings is 1. The van der Waals surface area contributed by atoms with Crippen LogP contribution in [0.5, 0.6) is 0 Å². The van der Waals surface area contributed by atoms with E-state index in [2.05, 4.69) is 21.6 Å². The molecule has 0 radical (unpaired) electrons. The highest BCUT2D eigenvalue weighted by Crippen LogP contribution is 2.10. The maximum atomic E-state index is 11.2. The maximum Gasteiger partial charge on any atom is 0.339 e. The minimum atomic E-state index is -0.465. The van der Waals surface area contributed by atoms with E-state index in [9.17, 15) is 4.79 Å². The summed E-state index contributed by atoms with van der Waals surface area (Å²) in [4.78, 5) is 15.1. The van der Waals surface area contributed by atoms with Gasteiger partial charge in [-0.05, 0) is 6.07 Å². The second-order valence-corrected chi connectivity index (χ2v) is 3.27. The number of nitrogens with zero attached hydrogens (tertiary/aromatic N) is 1. The van der Waals surface area contributed by atoms with Crippen LogP contribution in [0, 0.1) is 11.8 Å². The average Bonchev–Trinajstić information content (AvgIpc) is 2.31. The van der Waals surface area contributed by atoms with Gasteiger partial charge < -0.3 is 10.5 Å². The molecule has 2 N–H and O–H groups in total.